The van der Waals surface area contributed by atoms with Crippen molar-refractivity contribution in [3.05, 3.63) is 0 Å². The molecule has 1 saturated heterocycles. The molecule has 1 aliphatic heterocycles. The minimum absolute atomic E-state index is 0.00155. The minimum Gasteiger partial charge on any atom is -0.380 e. The predicted molar refractivity (Wildman–Crippen MR) is 72.6 cm³/mol. The SMILES string of the molecule is O=C(CC1CCCCCC1)N1CCC(O)(C(F)(F)F)CC1. The molecular weight excluding hydrogens is 283 g/mol. The van der Waals surface area contributed by atoms with Crippen molar-refractivity contribution in [3.63, 3.8) is 0 Å². The van der Waals surface area contributed by atoms with Crippen LogP contribution in [0.2, 0.25) is 0 Å². The van der Waals surface area contributed by atoms with Crippen LogP contribution in [-0.4, -0.2) is 40.8 Å². The number of hydrogen-bond acceptors (Lipinski definition) is 2. The van der Waals surface area contributed by atoms with Gasteiger partial charge in [0.25, 0.3) is 0 Å². The standard InChI is InChI=1S/C15H24F3NO2/c16-15(17,18)14(21)7-9-19(10-8-14)13(20)11-12-5-3-1-2-4-6-12/h12,21H,1-11H2. The number of aliphatic hydroxyl groups is 1. The first-order valence-corrected chi connectivity index (χ1v) is 7.89. The summed E-state index contributed by atoms with van der Waals surface area (Å²) >= 11 is 0. The van der Waals surface area contributed by atoms with E-state index in [1.165, 1.54) is 17.7 Å². The number of nitrogens with zero attached hydrogens (tertiary/aromatic N) is 1. The van der Waals surface area contributed by atoms with Gasteiger partial charge >= 0.3 is 6.18 Å². The lowest BCUT2D eigenvalue weighted by Crippen LogP contribution is -2.54. The van der Waals surface area contributed by atoms with Crippen LogP contribution in [0.1, 0.15) is 57.8 Å². The Balaban J connectivity index is 1.83. The Kier molecular flexibility index (Phi) is 5.17. The van der Waals surface area contributed by atoms with Crippen LogP contribution in [0.4, 0.5) is 13.2 Å². The number of alkyl halides is 3. The van der Waals surface area contributed by atoms with Crippen molar-refractivity contribution >= 4 is 5.91 Å². The molecule has 0 atom stereocenters. The fourth-order valence-electron chi connectivity index (χ4n) is 3.35. The van der Waals surface area contributed by atoms with Crippen LogP contribution >= 0.6 is 0 Å². The van der Waals surface area contributed by atoms with E-state index >= 15 is 0 Å². The Labute approximate surface area is 123 Å². The molecule has 21 heavy (non-hydrogen) atoms. The van der Waals surface area contributed by atoms with E-state index in [1.807, 2.05) is 0 Å². The lowest BCUT2D eigenvalue weighted by molar-refractivity contribution is -0.272. The number of hydrogen-bond donors (Lipinski definition) is 1. The quantitative estimate of drug-likeness (QED) is 0.796. The van der Waals surface area contributed by atoms with Crippen molar-refractivity contribution in [2.75, 3.05) is 13.1 Å². The third-order valence-corrected chi connectivity index (χ3v) is 4.91. The zero-order chi connectivity index (χ0) is 15.5. The van der Waals surface area contributed by atoms with Crippen LogP contribution in [0.25, 0.3) is 0 Å². The molecule has 1 saturated carbocycles. The van der Waals surface area contributed by atoms with Crippen molar-refractivity contribution in [2.45, 2.75) is 69.6 Å². The molecule has 0 radical (unpaired) electrons. The summed E-state index contributed by atoms with van der Waals surface area (Å²) in [5, 5.41) is 9.60. The van der Waals surface area contributed by atoms with Crippen LogP contribution in [0, 0.1) is 5.92 Å². The summed E-state index contributed by atoms with van der Waals surface area (Å²) in [4.78, 5) is 13.7. The van der Waals surface area contributed by atoms with Gasteiger partial charge < -0.3 is 10.0 Å². The molecule has 0 aromatic heterocycles. The molecule has 0 unspecified atom stereocenters. The summed E-state index contributed by atoms with van der Waals surface area (Å²) in [6.07, 6.45) is 1.84. The molecule has 1 amide bonds. The van der Waals surface area contributed by atoms with Crippen LogP contribution in [0.3, 0.4) is 0 Å². The molecule has 2 fully saturated rings. The highest BCUT2D eigenvalue weighted by Crippen LogP contribution is 2.38. The monoisotopic (exact) mass is 307 g/mol. The highest BCUT2D eigenvalue weighted by Gasteiger charge is 2.54. The Morgan fingerprint density at radius 1 is 1.10 bits per heavy atom. The molecule has 122 valence electrons. The second-order valence-electron chi connectivity index (χ2n) is 6.47. The topological polar surface area (TPSA) is 40.5 Å². The molecule has 2 aliphatic rings. The molecule has 2 rings (SSSR count). The van der Waals surface area contributed by atoms with Crippen LogP contribution in [-0.2, 0) is 4.79 Å². The zero-order valence-corrected chi connectivity index (χ0v) is 12.3. The van der Waals surface area contributed by atoms with Crippen molar-refractivity contribution in [1.82, 2.24) is 4.90 Å². The van der Waals surface area contributed by atoms with E-state index in [0.717, 1.165) is 25.7 Å². The van der Waals surface area contributed by atoms with Gasteiger partial charge in [-0.3, -0.25) is 4.79 Å². The summed E-state index contributed by atoms with van der Waals surface area (Å²) < 4.78 is 38.2. The van der Waals surface area contributed by atoms with E-state index < -0.39 is 24.6 Å². The summed E-state index contributed by atoms with van der Waals surface area (Å²) in [7, 11) is 0. The smallest absolute Gasteiger partial charge is 0.380 e. The van der Waals surface area contributed by atoms with E-state index in [1.54, 1.807) is 0 Å². The normalized spacial score (nSPS) is 24.7. The van der Waals surface area contributed by atoms with Crippen molar-refractivity contribution < 1.29 is 23.1 Å². The highest BCUT2D eigenvalue weighted by molar-refractivity contribution is 5.76. The Morgan fingerprint density at radius 3 is 2.10 bits per heavy atom. The first kappa shape index (κ1) is 16.6. The molecule has 0 bridgehead atoms. The zero-order valence-electron chi connectivity index (χ0n) is 12.3. The van der Waals surface area contributed by atoms with Gasteiger partial charge in [0.15, 0.2) is 5.60 Å². The summed E-state index contributed by atoms with van der Waals surface area (Å²) in [6, 6.07) is 0. The Hall–Kier alpha value is -0.780. The van der Waals surface area contributed by atoms with Gasteiger partial charge in [0, 0.05) is 32.4 Å². The number of amides is 1. The first-order chi connectivity index (χ1) is 9.82. The Bertz CT molecular complexity index is 354. The third-order valence-electron chi connectivity index (χ3n) is 4.91. The van der Waals surface area contributed by atoms with Gasteiger partial charge in [-0.05, 0) is 18.8 Å². The number of carbonyl (C=O) groups excluding carboxylic acids is 1. The van der Waals surface area contributed by atoms with Gasteiger partial charge in [-0.15, -0.1) is 0 Å². The molecule has 6 heteroatoms. The van der Waals surface area contributed by atoms with Gasteiger partial charge in [-0.1, -0.05) is 25.7 Å². The van der Waals surface area contributed by atoms with Crippen molar-refractivity contribution in [2.24, 2.45) is 5.92 Å². The molecule has 1 heterocycles. The second kappa shape index (κ2) is 6.55. The van der Waals surface area contributed by atoms with Crippen molar-refractivity contribution in [3.8, 4) is 0 Å². The lowest BCUT2D eigenvalue weighted by atomic mass is 9.89. The molecule has 0 aromatic carbocycles. The van der Waals surface area contributed by atoms with E-state index in [9.17, 15) is 23.1 Å². The maximum atomic E-state index is 12.7. The maximum absolute atomic E-state index is 12.7. The van der Waals surface area contributed by atoms with Crippen LogP contribution in [0.15, 0.2) is 0 Å². The second-order valence-corrected chi connectivity index (χ2v) is 6.47. The number of piperidine rings is 1. The first-order valence-electron chi connectivity index (χ1n) is 7.89. The van der Waals surface area contributed by atoms with Gasteiger partial charge in [0.1, 0.15) is 0 Å². The van der Waals surface area contributed by atoms with E-state index in [2.05, 4.69) is 0 Å². The van der Waals surface area contributed by atoms with Crippen molar-refractivity contribution in [1.29, 1.82) is 0 Å². The molecule has 3 nitrogen and oxygen atoms in total. The summed E-state index contributed by atoms with van der Waals surface area (Å²) in [5.74, 6) is 0.328. The minimum atomic E-state index is -4.61. The number of carbonyl (C=O) groups is 1. The van der Waals surface area contributed by atoms with Gasteiger partial charge in [0.05, 0.1) is 0 Å². The fraction of sp³-hybridized carbons (Fsp3) is 0.933. The number of rotatable bonds is 2. The van der Waals surface area contributed by atoms with E-state index in [4.69, 9.17) is 0 Å². The van der Waals surface area contributed by atoms with Crippen LogP contribution < -0.4 is 0 Å². The number of likely N-dealkylation sites (tertiary alicyclic amines) is 1. The summed E-state index contributed by atoms with van der Waals surface area (Å²) in [5.41, 5.74) is -2.62. The molecule has 0 aromatic rings. The molecular formula is C15H24F3NO2. The highest BCUT2D eigenvalue weighted by atomic mass is 19.4. The van der Waals surface area contributed by atoms with Gasteiger partial charge in [-0.25, -0.2) is 0 Å². The summed E-state index contributed by atoms with van der Waals surface area (Å²) in [6.45, 7) is 0.00310. The third kappa shape index (κ3) is 4.11. The lowest BCUT2D eigenvalue weighted by Gasteiger charge is -2.39. The number of halogens is 3. The van der Waals surface area contributed by atoms with Gasteiger partial charge in [0.2, 0.25) is 5.91 Å². The molecule has 1 aliphatic carbocycles. The van der Waals surface area contributed by atoms with Gasteiger partial charge in [-0.2, -0.15) is 13.2 Å². The average Bonchev–Trinajstić information content (AvgIpc) is 2.67. The fourth-order valence-corrected chi connectivity index (χ4v) is 3.35. The van der Waals surface area contributed by atoms with Crippen LogP contribution in [0.5, 0.6) is 0 Å². The van der Waals surface area contributed by atoms with E-state index in [0.29, 0.717) is 12.3 Å². The average molecular weight is 307 g/mol. The molecule has 0 spiro atoms. The predicted octanol–water partition coefficient (Wildman–Crippen LogP) is 3.26. The molecule has 1 N–H and O–H groups in total. The Morgan fingerprint density at radius 2 is 1.62 bits per heavy atom. The largest absolute Gasteiger partial charge is 0.417 e. The maximum Gasteiger partial charge on any atom is 0.417 e. The van der Waals surface area contributed by atoms with E-state index in [-0.39, 0.29) is 19.0 Å².